The van der Waals surface area contributed by atoms with Crippen molar-refractivity contribution in [1.29, 1.82) is 0 Å². The van der Waals surface area contributed by atoms with Crippen LogP contribution >= 0.6 is 0 Å². The number of pyridine rings is 1. The van der Waals surface area contributed by atoms with Gasteiger partial charge in [-0.25, -0.2) is 0 Å². The van der Waals surface area contributed by atoms with Crippen LogP contribution in [0.15, 0.2) is 24.4 Å². The predicted octanol–water partition coefficient (Wildman–Crippen LogP) is 1.26. The molecule has 0 saturated carbocycles. The fraction of sp³-hybridized carbons (Fsp3) is 0.353. The third kappa shape index (κ3) is 3.56. The highest BCUT2D eigenvalue weighted by Crippen LogP contribution is 2.34. The Balaban J connectivity index is 1.84. The lowest BCUT2D eigenvalue weighted by atomic mass is 10.1. The van der Waals surface area contributed by atoms with Gasteiger partial charge in [-0.3, -0.25) is 14.6 Å². The molecule has 7 heteroatoms. The lowest BCUT2D eigenvalue weighted by Gasteiger charge is -2.11. The first-order valence-electron chi connectivity index (χ1n) is 7.86. The highest BCUT2D eigenvalue weighted by molar-refractivity contribution is 6.06. The third-order valence-electron chi connectivity index (χ3n) is 3.63. The number of ether oxygens (including phenoxy) is 2. The number of fused-ring (bicyclic) bond motifs is 2. The van der Waals surface area contributed by atoms with Crippen LogP contribution in [0, 0.1) is 0 Å². The number of benzene rings is 1. The number of aromatic nitrogens is 1. The summed E-state index contributed by atoms with van der Waals surface area (Å²) in [7, 11) is 0. The van der Waals surface area contributed by atoms with Crippen LogP contribution in [-0.4, -0.2) is 43.1 Å². The number of amides is 2. The number of hydrogen-bond donors (Lipinski definition) is 2. The SMILES string of the molecule is CC(=O)NCCNC(=O)c1nccc2cc3c(cc12)OCCCO3. The second kappa shape index (κ2) is 7.16. The number of nitrogens with one attached hydrogen (secondary N) is 2. The van der Waals surface area contributed by atoms with E-state index in [1.807, 2.05) is 12.1 Å². The minimum absolute atomic E-state index is 0.132. The van der Waals surface area contributed by atoms with Gasteiger partial charge in [-0.05, 0) is 23.6 Å². The van der Waals surface area contributed by atoms with Crippen LogP contribution in [-0.2, 0) is 4.79 Å². The van der Waals surface area contributed by atoms with Gasteiger partial charge in [-0.15, -0.1) is 0 Å². The van der Waals surface area contributed by atoms with E-state index in [1.165, 1.54) is 6.92 Å². The van der Waals surface area contributed by atoms with Crippen molar-refractivity contribution in [2.45, 2.75) is 13.3 Å². The van der Waals surface area contributed by atoms with Crippen molar-refractivity contribution in [2.75, 3.05) is 26.3 Å². The number of rotatable bonds is 4. The molecule has 0 radical (unpaired) electrons. The zero-order valence-electron chi connectivity index (χ0n) is 13.4. The Morgan fingerprint density at radius 1 is 1.12 bits per heavy atom. The molecule has 1 aliphatic heterocycles. The van der Waals surface area contributed by atoms with Crippen LogP contribution < -0.4 is 20.1 Å². The molecule has 1 aromatic heterocycles. The zero-order chi connectivity index (χ0) is 16.9. The van der Waals surface area contributed by atoms with Crippen LogP contribution in [0.4, 0.5) is 0 Å². The molecule has 0 bridgehead atoms. The van der Waals surface area contributed by atoms with Gasteiger partial charge < -0.3 is 20.1 Å². The summed E-state index contributed by atoms with van der Waals surface area (Å²) in [6, 6.07) is 5.50. The first-order chi connectivity index (χ1) is 11.6. The fourth-order valence-electron chi connectivity index (χ4n) is 2.51. The quantitative estimate of drug-likeness (QED) is 0.824. The molecule has 2 heterocycles. The average molecular weight is 329 g/mol. The lowest BCUT2D eigenvalue weighted by Crippen LogP contribution is -2.34. The van der Waals surface area contributed by atoms with Crippen LogP contribution in [0.1, 0.15) is 23.8 Å². The number of carbonyl (C=O) groups excluding carboxylic acids is 2. The largest absolute Gasteiger partial charge is 0.490 e. The standard InChI is InChI=1S/C17H19N3O4/c1-11(21)18-5-6-20-17(22)16-13-10-15-14(23-7-2-8-24-15)9-12(13)3-4-19-16/h3-4,9-10H,2,5-8H2,1H3,(H,18,21)(H,20,22). The molecule has 7 nitrogen and oxygen atoms in total. The lowest BCUT2D eigenvalue weighted by molar-refractivity contribution is -0.118. The van der Waals surface area contributed by atoms with Gasteiger partial charge in [0.15, 0.2) is 11.5 Å². The molecule has 0 atom stereocenters. The van der Waals surface area contributed by atoms with Crippen LogP contribution in [0.5, 0.6) is 11.5 Å². The predicted molar refractivity (Wildman–Crippen MR) is 88.4 cm³/mol. The smallest absolute Gasteiger partial charge is 0.270 e. The number of carbonyl (C=O) groups is 2. The Morgan fingerprint density at radius 2 is 1.83 bits per heavy atom. The third-order valence-corrected chi connectivity index (χ3v) is 3.63. The van der Waals surface area contributed by atoms with Crippen LogP contribution in [0.2, 0.25) is 0 Å². The van der Waals surface area contributed by atoms with Crippen molar-refractivity contribution in [3.05, 3.63) is 30.1 Å². The molecule has 2 N–H and O–H groups in total. The van der Waals surface area contributed by atoms with Crippen LogP contribution in [0.3, 0.4) is 0 Å². The first-order valence-corrected chi connectivity index (χ1v) is 7.86. The number of hydrogen-bond acceptors (Lipinski definition) is 5. The zero-order valence-corrected chi connectivity index (χ0v) is 13.4. The Hall–Kier alpha value is -2.83. The maximum Gasteiger partial charge on any atom is 0.270 e. The normalized spacial score (nSPS) is 13.2. The Labute approximate surface area is 139 Å². The molecule has 0 unspecified atom stereocenters. The Kier molecular flexibility index (Phi) is 4.79. The minimum atomic E-state index is -0.291. The van der Waals surface area contributed by atoms with E-state index in [4.69, 9.17) is 9.47 Å². The van der Waals surface area contributed by atoms with E-state index < -0.39 is 0 Å². The van der Waals surface area contributed by atoms with E-state index in [9.17, 15) is 9.59 Å². The summed E-state index contributed by atoms with van der Waals surface area (Å²) in [6.45, 7) is 3.33. The highest BCUT2D eigenvalue weighted by atomic mass is 16.5. The molecule has 126 valence electrons. The van der Waals surface area contributed by atoms with Gasteiger partial charge in [0, 0.05) is 38.0 Å². The van der Waals surface area contributed by atoms with Crippen molar-refractivity contribution in [3.63, 3.8) is 0 Å². The molecular formula is C17H19N3O4. The molecule has 2 amide bonds. The Bertz CT molecular complexity index is 776. The summed E-state index contributed by atoms with van der Waals surface area (Å²) in [6.07, 6.45) is 2.41. The minimum Gasteiger partial charge on any atom is -0.490 e. The molecule has 0 saturated heterocycles. The Morgan fingerprint density at radius 3 is 2.58 bits per heavy atom. The monoisotopic (exact) mass is 329 g/mol. The van der Waals surface area contributed by atoms with Crippen molar-refractivity contribution >= 4 is 22.6 Å². The van der Waals surface area contributed by atoms with E-state index in [-0.39, 0.29) is 11.8 Å². The maximum absolute atomic E-state index is 12.4. The van der Waals surface area contributed by atoms with Crippen molar-refractivity contribution in [3.8, 4) is 11.5 Å². The van der Waals surface area contributed by atoms with Crippen molar-refractivity contribution in [2.24, 2.45) is 0 Å². The molecule has 3 rings (SSSR count). The van der Waals surface area contributed by atoms with Gasteiger partial charge in [0.2, 0.25) is 5.91 Å². The summed E-state index contributed by atoms with van der Waals surface area (Å²) in [5.41, 5.74) is 0.325. The molecule has 1 aliphatic rings. The summed E-state index contributed by atoms with van der Waals surface area (Å²) in [5.74, 6) is 0.885. The first kappa shape index (κ1) is 16.0. The summed E-state index contributed by atoms with van der Waals surface area (Å²) in [5, 5.41) is 6.95. The van der Waals surface area contributed by atoms with E-state index in [1.54, 1.807) is 12.3 Å². The fourth-order valence-corrected chi connectivity index (χ4v) is 2.51. The van der Waals surface area contributed by atoms with E-state index in [0.29, 0.717) is 48.9 Å². The van der Waals surface area contributed by atoms with Gasteiger partial charge in [-0.2, -0.15) is 0 Å². The van der Waals surface area contributed by atoms with Gasteiger partial charge in [0.1, 0.15) is 5.69 Å². The summed E-state index contributed by atoms with van der Waals surface area (Å²) in [4.78, 5) is 27.4. The highest BCUT2D eigenvalue weighted by Gasteiger charge is 2.16. The van der Waals surface area contributed by atoms with Gasteiger partial charge in [-0.1, -0.05) is 0 Å². The molecule has 24 heavy (non-hydrogen) atoms. The van der Waals surface area contributed by atoms with E-state index in [0.717, 1.165) is 11.8 Å². The molecule has 0 aliphatic carbocycles. The molecule has 0 spiro atoms. The molecule has 1 aromatic carbocycles. The van der Waals surface area contributed by atoms with E-state index >= 15 is 0 Å². The maximum atomic E-state index is 12.4. The van der Waals surface area contributed by atoms with Crippen molar-refractivity contribution < 1.29 is 19.1 Å². The molecule has 0 fully saturated rings. The average Bonchev–Trinajstić information content (AvgIpc) is 2.80. The van der Waals surface area contributed by atoms with Gasteiger partial charge >= 0.3 is 0 Å². The van der Waals surface area contributed by atoms with E-state index in [2.05, 4.69) is 15.6 Å². The van der Waals surface area contributed by atoms with Crippen molar-refractivity contribution in [1.82, 2.24) is 15.6 Å². The van der Waals surface area contributed by atoms with Gasteiger partial charge in [0.05, 0.1) is 13.2 Å². The van der Waals surface area contributed by atoms with Crippen LogP contribution in [0.25, 0.3) is 10.8 Å². The summed E-state index contributed by atoms with van der Waals surface area (Å²) >= 11 is 0. The second-order valence-electron chi connectivity index (χ2n) is 5.47. The second-order valence-corrected chi connectivity index (χ2v) is 5.47. The van der Waals surface area contributed by atoms with Gasteiger partial charge in [0.25, 0.3) is 5.91 Å². The number of nitrogens with zero attached hydrogens (tertiary/aromatic N) is 1. The summed E-state index contributed by atoms with van der Waals surface area (Å²) < 4.78 is 11.4. The molecular weight excluding hydrogens is 310 g/mol. The molecule has 2 aromatic rings. The topological polar surface area (TPSA) is 89.6 Å².